The van der Waals surface area contributed by atoms with Gasteiger partial charge in [-0.2, -0.15) is 17.0 Å². The van der Waals surface area contributed by atoms with Gasteiger partial charge in [0.25, 0.3) is 10.2 Å². The molecule has 2 heterocycles. The smallest absolute Gasteiger partial charge is 0.282 e. The summed E-state index contributed by atoms with van der Waals surface area (Å²) in [5, 5.41) is 10.0. The van der Waals surface area contributed by atoms with Crippen molar-refractivity contribution in [3.05, 3.63) is 0 Å². The zero-order valence-corrected chi connectivity index (χ0v) is 12.1. The molecule has 2 aliphatic rings. The number of piperidine rings is 2. The number of β-amino-alcohol motifs (C(OH)–C–C–N with tert-alkyl or cyclic N) is 1. The first-order valence-corrected chi connectivity index (χ1v) is 8.18. The Morgan fingerprint density at radius 3 is 2.50 bits per heavy atom. The molecule has 0 spiro atoms. The van der Waals surface area contributed by atoms with E-state index in [1.54, 1.807) is 11.2 Å². The lowest BCUT2D eigenvalue weighted by Gasteiger charge is -2.40. The van der Waals surface area contributed by atoms with E-state index in [1.165, 1.54) is 4.31 Å². The van der Waals surface area contributed by atoms with E-state index in [0.29, 0.717) is 32.0 Å². The van der Waals surface area contributed by atoms with Crippen LogP contribution in [0.15, 0.2) is 0 Å². The van der Waals surface area contributed by atoms with Gasteiger partial charge in [-0.25, -0.2) is 0 Å². The minimum Gasteiger partial charge on any atom is -0.389 e. The molecule has 106 valence electrons. The molecule has 2 rings (SSSR count). The Labute approximate surface area is 110 Å². The second kappa shape index (κ2) is 5.07. The predicted molar refractivity (Wildman–Crippen MR) is 70.3 cm³/mol. The van der Waals surface area contributed by atoms with Crippen LogP contribution in [-0.2, 0) is 10.2 Å². The summed E-state index contributed by atoms with van der Waals surface area (Å²) in [5.74, 6) is 0.429. The van der Waals surface area contributed by atoms with Gasteiger partial charge in [0.15, 0.2) is 0 Å². The zero-order valence-electron chi connectivity index (χ0n) is 11.3. The van der Waals surface area contributed by atoms with Crippen LogP contribution in [0.5, 0.6) is 0 Å². The highest BCUT2D eigenvalue weighted by Gasteiger charge is 2.38. The van der Waals surface area contributed by atoms with Crippen LogP contribution in [0.25, 0.3) is 0 Å². The second-order valence-corrected chi connectivity index (χ2v) is 7.98. The maximum Gasteiger partial charge on any atom is 0.282 e. The van der Waals surface area contributed by atoms with Crippen molar-refractivity contribution in [1.82, 2.24) is 8.61 Å². The first kappa shape index (κ1) is 14.2. The van der Waals surface area contributed by atoms with Crippen LogP contribution in [0.3, 0.4) is 0 Å². The Bertz CT molecular complexity index is 394. The van der Waals surface area contributed by atoms with Crippen LogP contribution in [-0.4, -0.2) is 53.9 Å². The van der Waals surface area contributed by atoms with Gasteiger partial charge in [0, 0.05) is 26.2 Å². The van der Waals surface area contributed by atoms with E-state index < -0.39 is 15.8 Å². The van der Waals surface area contributed by atoms with E-state index in [2.05, 4.69) is 6.92 Å². The Morgan fingerprint density at radius 2 is 1.89 bits per heavy atom. The van der Waals surface area contributed by atoms with Gasteiger partial charge in [-0.3, -0.25) is 0 Å². The van der Waals surface area contributed by atoms with Gasteiger partial charge in [0.1, 0.15) is 0 Å². The largest absolute Gasteiger partial charge is 0.389 e. The topological polar surface area (TPSA) is 60.9 Å². The lowest BCUT2D eigenvalue weighted by atomic mass is 9.97. The average molecular weight is 276 g/mol. The van der Waals surface area contributed by atoms with Crippen LogP contribution in [0.2, 0.25) is 0 Å². The molecule has 2 unspecified atom stereocenters. The molecule has 5 nitrogen and oxygen atoms in total. The lowest BCUT2D eigenvalue weighted by molar-refractivity contribution is 0.00740. The fourth-order valence-electron chi connectivity index (χ4n) is 2.89. The molecule has 2 atom stereocenters. The Hall–Kier alpha value is -0.170. The van der Waals surface area contributed by atoms with Gasteiger partial charge in [0.05, 0.1) is 5.60 Å². The summed E-state index contributed by atoms with van der Waals surface area (Å²) < 4.78 is 28.1. The van der Waals surface area contributed by atoms with Crippen molar-refractivity contribution in [3.63, 3.8) is 0 Å². The standard InChI is InChI=1S/C12H24N2O3S/c1-11-5-3-7-13(9-11)18(16,17)14-8-4-6-12(2,15)10-14/h11,15H,3-10H2,1-2H3. The molecule has 2 saturated heterocycles. The zero-order chi connectivity index (χ0) is 13.4. The Balaban J connectivity index is 2.10. The second-order valence-electron chi connectivity index (χ2n) is 6.05. The molecule has 0 amide bonds. The van der Waals surface area contributed by atoms with E-state index in [1.807, 2.05) is 0 Å². The summed E-state index contributed by atoms with van der Waals surface area (Å²) in [6.45, 7) is 5.79. The van der Waals surface area contributed by atoms with Crippen LogP contribution < -0.4 is 0 Å². The fraction of sp³-hybridized carbons (Fsp3) is 1.00. The van der Waals surface area contributed by atoms with Crippen LogP contribution in [0.1, 0.15) is 39.5 Å². The van der Waals surface area contributed by atoms with E-state index in [9.17, 15) is 13.5 Å². The molecular weight excluding hydrogens is 252 g/mol. The van der Waals surface area contributed by atoms with Crippen molar-refractivity contribution in [1.29, 1.82) is 0 Å². The molecule has 0 aromatic heterocycles. The maximum absolute atomic E-state index is 12.5. The van der Waals surface area contributed by atoms with E-state index in [-0.39, 0.29) is 6.54 Å². The van der Waals surface area contributed by atoms with Crippen LogP contribution in [0, 0.1) is 5.92 Å². The SMILES string of the molecule is CC1CCCN(S(=O)(=O)N2CCCC(C)(O)C2)C1. The van der Waals surface area contributed by atoms with Crippen LogP contribution >= 0.6 is 0 Å². The minimum atomic E-state index is -3.38. The summed E-state index contributed by atoms with van der Waals surface area (Å²) in [6.07, 6.45) is 3.44. The number of hydrogen-bond acceptors (Lipinski definition) is 3. The first-order valence-electron chi connectivity index (χ1n) is 6.79. The van der Waals surface area contributed by atoms with Crippen molar-refractivity contribution >= 4 is 10.2 Å². The fourth-order valence-corrected chi connectivity index (χ4v) is 4.82. The van der Waals surface area contributed by atoms with Crippen molar-refractivity contribution < 1.29 is 13.5 Å². The first-order chi connectivity index (χ1) is 8.31. The highest BCUT2D eigenvalue weighted by atomic mass is 32.2. The molecule has 0 radical (unpaired) electrons. The lowest BCUT2D eigenvalue weighted by Crippen LogP contribution is -2.54. The molecule has 0 bridgehead atoms. The monoisotopic (exact) mass is 276 g/mol. The van der Waals surface area contributed by atoms with Crippen molar-refractivity contribution in [3.8, 4) is 0 Å². The van der Waals surface area contributed by atoms with E-state index in [0.717, 1.165) is 19.3 Å². The van der Waals surface area contributed by atoms with Crippen molar-refractivity contribution in [2.24, 2.45) is 5.92 Å². The summed E-state index contributed by atoms with van der Waals surface area (Å²) in [4.78, 5) is 0. The number of nitrogens with zero attached hydrogens (tertiary/aromatic N) is 2. The number of hydrogen-bond donors (Lipinski definition) is 1. The van der Waals surface area contributed by atoms with Gasteiger partial charge in [-0.1, -0.05) is 6.92 Å². The highest BCUT2D eigenvalue weighted by Crippen LogP contribution is 2.26. The summed E-state index contributed by atoms with van der Waals surface area (Å²) >= 11 is 0. The summed E-state index contributed by atoms with van der Waals surface area (Å²) in [5.41, 5.74) is -0.882. The van der Waals surface area contributed by atoms with E-state index >= 15 is 0 Å². The molecule has 0 aromatic carbocycles. The van der Waals surface area contributed by atoms with Gasteiger partial charge in [-0.15, -0.1) is 0 Å². The Kier molecular flexibility index (Phi) is 4.02. The van der Waals surface area contributed by atoms with E-state index in [4.69, 9.17) is 0 Å². The van der Waals surface area contributed by atoms with Gasteiger partial charge < -0.3 is 5.11 Å². The molecule has 6 heteroatoms. The molecular formula is C12H24N2O3S. The number of aliphatic hydroxyl groups is 1. The Morgan fingerprint density at radius 1 is 1.22 bits per heavy atom. The third-order valence-corrected chi connectivity index (χ3v) is 5.86. The third-order valence-electron chi connectivity index (χ3n) is 3.91. The molecule has 0 aliphatic carbocycles. The normalized spacial score (nSPS) is 36.7. The molecule has 0 saturated carbocycles. The van der Waals surface area contributed by atoms with Gasteiger partial charge >= 0.3 is 0 Å². The minimum absolute atomic E-state index is 0.222. The third kappa shape index (κ3) is 3.04. The van der Waals surface area contributed by atoms with Gasteiger partial charge in [0.2, 0.25) is 0 Å². The quantitative estimate of drug-likeness (QED) is 0.812. The maximum atomic E-state index is 12.5. The molecule has 2 fully saturated rings. The number of rotatable bonds is 2. The molecule has 0 aromatic rings. The molecule has 18 heavy (non-hydrogen) atoms. The van der Waals surface area contributed by atoms with Gasteiger partial charge in [-0.05, 0) is 38.5 Å². The molecule has 1 N–H and O–H groups in total. The average Bonchev–Trinajstić information content (AvgIpc) is 2.27. The summed E-state index contributed by atoms with van der Waals surface area (Å²) in [7, 11) is -3.38. The van der Waals surface area contributed by atoms with Crippen LogP contribution in [0.4, 0.5) is 0 Å². The highest BCUT2D eigenvalue weighted by molar-refractivity contribution is 7.86. The van der Waals surface area contributed by atoms with Crippen molar-refractivity contribution in [2.75, 3.05) is 26.2 Å². The molecule has 2 aliphatic heterocycles. The summed E-state index contributed by atoms with van der Waals surface area (Å²) in [6, 6.07) is 0. The predicted octanol–water partition coefficient (Wildman–Crippen LogP) is 0.810. The van der Waals surface area contributed by atoms with Crippen molar-refractivity contribution in [2.45, 2.75) is 45.1 Å².